The summed E-state index contributed by atoms with van der Waals surface area (Å²) < 4.78 is 0. The van der Waals surface area contributed by atoms with Gasteiger partial charge in [0.15, 0.2) is 0 Å². The van der Waals surface area contributed by atoms with Gasteiger partial charge in [0.2, 0.25) is 5.91 Å². The second-order valence-electron chi connectivity index (χ2n) is 1.46. The van der Waals surface area contributed by atoms with Crippen LogP contribution in [0.4, 0.5) is 0 Å². The Morgan fingerprint density at radius 3 is 2.00 bits per heavy atom. The highest BCUT2D eigenvalue weighted by Crippen LogP contribution is 1.54. The third-order valence-electron chi connectivity index (χ3n) is 0.555. The first kappa shape index (κ1) is 16.2. The number of rotatable bonds is 2. The van der Waals surface area contributed by atoms with Crippen LogP contribution in [0.15, 0.2) is 12.7 Å². The van der Waals surface area contributed by atoms with E-state index in [9.17, 15) is 4.79 Å². The Kier molecular flexibility index (Phi) is 25.6. The molecule has 0 aliphatic rings. The van der Waals surface area contributed by atoms with Crippen molar-refractivity contribution in [3.05, 3.63) is 12.7 Å². The highest BCUT2D eigenvalue weighted by Gasteiger charge is 1.69. The van der Waals surface area contributed by atoms with Gasteiger partial charge in [0, 0.05) is 0 Å². The lowest BCUT2D eigenvalue weighted by atomic mass is 10.5. The molecule has 0 aliphatic carbocycles. The van der Waals surface area contributed by atoms with Crippen molar-refractivity contribution in [3.63, 3.8) is 0 Å². The molecule has 0 unspecified atom stereocenters. The van der Waals surface area contributed by atoms with Gasteiger partial charge in [-0.3, -0.25) is 4.79 Å². The minimum Gasteiger partial charge on any atom is -1.00 e. The fourth-order valence-electron chi connectivity index (χ4n) is 0. The number of amides is 1. The van der Waals surface area contributed by atoms with Crippen LogP contribution < -0.4 is 23.9 Å². The van der Waals surface area contributed by atoms with Gasteiger partial charge in [-0.05, 0) is 12.5 Å². The maximum Gasteiger partial charge on any atom is 0.240 e. The molecular formula is C6H15ClN2O. The van der Waals surface area contributed by atoms with E-state index in [1.807, 2.05) is 0 Å². The zero-order chi connectivity index (χ0) is 7.70. The first-order chi connectivity index (χ1) is 4.18. The van der Waals surface area contributed by atoms with E-state index in [0.29, 0.717) is 0 Å². The zero-order valence-electron chi connectivity index (χ0n) is 6.27. The molecule has 0 atom stereocenters. The number of carbonyl (C=O) groups excluding carboxylic acids is 1. The van der Waals surface area contributed by atoms with E-state index < -0.39 is 5.91 Å². The fraction of sp³-hybridized carbons (Fsp3) is 0.500. The van der Waals surface area contributed by atoms with Crippen LogP contribution >= 0.6 is 0 Å². The molecule has 62 valence electrons. The number of nitrogens with two attached hydrogens (primary N) is 1. The van der Waals surface area contributed by atoms with Crippen LogP contribution in [-0.4, -0.2) is 12.5 Å². The number of carbonyl (C=O) groups is 1. The minimum absolute atomic E-state index is 0. The molecule has 0 saturated carbocycles. The lowest BCUT2D eigenvalue weighted by molar-refractivity contribution is -0.367. The summed E-state index contributed by atoms with van der Waals surface area (Å²) in [5.41, 5.74) is 8.14. The van der Waals surface area contributed by atoms with E-state index in [1.165, 1.54) is 6.42 Å². The third-order valence-corrected chi connectivity index (χ3v) is 0.555. The van der Waals surface area contributed by atoms with Crippen LogP contribution in [0.2, 0.25) is 0 Å². The molecule has 3 nitrogen and oxygen atoms in total. The molecule has 5 N–H and O–H groups in total. The average Bonchev–Trinajstić information content (AvgIpc) is 1.89. The number of hydrogen-bond donors (Lipinski definition) is 2. The van der Waals surface area contributed by atoms with Gasteiger partial charge < -0.3 is 23.9 Å². The van der Waals surface area contributed by atoms with E-state index >= 15 is 0 Å². The van der Waals surface area contributed by atoms with Crippen LogP contribution in [0.5, 0.6) is 0 Å². The zero-order valence-corrected chi connectivity index (χ0v) is 7.03. The number of halogens is 1. The summed E-state index contributed by atoms with van der Waals surface area (Å²) in [7, 11) is 0. The van der Waals surface area contributed by atoms with Gasteiger partial charge >= 0.3 is 0 Å². The molecule has 0 rings (SSSR count). The minimum atomic E-state index is -0.481. The molecular weight excluding hydrogens is 152 g/mol. The van der Waals surface area contributed by atoms with Crippen molar-refractivity contribution in [2.24, 2.45) is 5.73 Å². The predicted octanol–water partition coefficient (Wildman–Crippen LogP) is -3.70. The maximum atomic E-state index is 9.47. The van der Waals surface area contributed by atoms with Crippen molar-refractivity contribution in [2.75, 3.05) is 6.54 Å². The Balaban J connectivity index is -0.0000000910. The summed E-state index contributed by atoms with van der Waals surface area (Å²) in [6, 6.07) is 0. The molecule has 0 saturated heterocycles. The van der Waals surface area contributed by atoms with Crippen LogP contribution in [0.25, 0.3) is 0 Å². The molecule has 0 aromatic rings. The maximum absolute atomic E-state index is 9.47. The predicted molar refractivity (Wildman–Crippen MR) is 37.4 cm³/mol. The number of hydrogen-bond acceptors (Lipinski definition) is 1. The molecule has 0 fully saturated rings. The molecule has 0 heterocycles. The molecule has 10 heavy (non-hydrogen) atoms. The van der Waals surface area contributed by atoms with Gasteiger partial charge in [0.05, 0.1) is 6.54 Å². The van der Waals surface area contributed by atoms with E-state index in [1.54, 1.807) is 0 Å². The monoisotopic (exact) mass is 166 g/mol. The van der Waals surface area contributed by atoms with Crippen molar-refractivity contribution >= 4 is 5.91 Å². The molecule has 0 radical (unpaired) electrons. The van der Waals surface area contributed by atoms with E-state index in [2.05, 4.69) is 25.0 Å². The van der Waals surface area contributed by atoms with Crippen LogP contribution in [-0.2, 0) is 4.79 Å². The summed E-state index contributed by atoms with van der Waals surface area (Å²) in [6.07, 6.45) is 2.26. The molecule has 0 spiro atoms. The van der Waals surface area contributed by atoms with Crippen LogP contribution in [0.3, 0.4) is 0 Å². The van der Waals surface area contributed by atoms with Crippen molar-refractivity contribution in [2.45, 2.75) is 13.3 Å². The molecule has 0 aliphatic heterocycles. The summed E-state index contributed by atoms with van der Waals surface area (Å²) in [5.74, 6) is -0.481. The fourth-order valence-corrected chi connectivity index (χ4v) is 0. The smallest absolute Gasteiger partial charge is 0.240 e. The number of quaternary nitrogens is 1. The summed E-state index contributed by atoms with van der Waals surface area (Å²) in [4.78, 5) is 9.47. The SMILES string of the molecule is C=CC(N)=O.CCC[NH3+].[Cl-]. The second kappa shape index (κ2) is 15.8. The average molecular weight is 167 g/mol. The summed E-state index contributed by atoms with van der Waals surface area (Å²) >= 11 is 0. The Bertz CT molecular complexity index is 83.8. The first-order valence-electron chi connectivity index (χ1n) is 2.90. The summed E-state index contributed by atoms with van der Waals surface area (Å²) in [5, 5.41) is 0. The normalized spacial score (nSPS) is 6.20. The Morgan fingerprint density at radius 1 is 1.80 bits per heavy atom. The highest BCUT2D eigenvalue weighted by atomic mass is 35.5. The Labute approximate surface area is 67.9 Å². The van der Waals surface area contributed by atoms with Crippen molar-refractivity contribution in [3.8, 4) is 0 Å². The van der Waals surface area contributed by atoms with Gasteiger partial charge in [-0.1, -0.05) is 13.5 Å². The van der Waals surface area contributed by atoms with Gasteiger partial charge in [0.25, 0.3) is 0 Å². The van der Waals surface area contributed by atoms with Gasteiger partial charge in [-0.15, -0.1) is 0 Å². The van der Waals surface area contributed by atoms with Crippen LogP contribution in [0.1, 0.15) is 13.3 Å². The van der Waals surface area contributed by atoms with Crippen LogP contribution in [0, 0.1) is 0 Å². The molecule has 0 aromatic carbocycles. The van der Waals surface area contributed by atoms with E-state index in [0.717, 1.165) is 12.6 Å². The van der Waals surface area contributed by atoms with Crippen molar-refractivity contribution in [1.82, 2.24) is 0 Å². The quantitative estimate of drug-likeness (QED) is 0.408. The van der Waals surface area contributed by atoms with Gasteiger partial charge in [-0.2, -0.15) is 0 Å². The first-order valence-corrected chi connectivity index (χ1v) is 2.90. The Hall–Kier alpha value is -0.540. The second-order valence-corrected chi connectivity index (χ2v) is 1.46. The van der Waals surface area contributed by atoms with Gasteiger partial charge in [-0.25, -0.2) is 0 Å². The standard InChI is InChI=1S/C3H5NO.C3H9N.ClH/c1-2-3(4)5;1-2-3-4;/h2H,1H2,(H2,4,5);2-4H2,1H3;1H. The summed E-state index contributed by atoms with van der Waals surface area (Å²) in [6.45, 7) is 6.27. The van der Waals surface area contributed by atoms with Gasteiger partial charge in [0.1, 0.15) is 0 Å². The van der Waals surface area contributed by atoms with E-state index in [4.69, 9.17) is 0 Å². The molecule has 0 aromatic heterocycles. The lowest BCUT2D eigenvalue weighted by Gasteiger charge is -1.66. The lowest BCUT2D eigenvalue weighted by Crippen LogP contribution is -3.00. The topological polar surface area (TPSA) is 70.7 Å². The highest BCUT2D eigenvalue weighted by molar-refractivity contribution is 5.84. The third kappa shape index (κ3) is 51.4. The Morgan fingerprint density at radius 2 is 2.00 bits per heavy atom. The van der Waals surface area contributed by atoms with Crippen molar-refractivity contribution in [1.29, 1.82) is 0 Å². The largest absolute Gasteiger partial charge is 1.00 e. The van der Waals surface area contributed by atoms with Crippen molar-refractivity contribution < 1.29 is 22.9 Å². The molecule has 0 bridgehead atoms. The van der Waals surface area contributed by atoms with E-state index in [-0.39, 0.29) is 12.4 Å². The number of primary amides is 1. The molecule has 4 heteroatoms. The molecule has 1 amide bonds.